The zero-order valence-corrected chi connectivity index (χ0v) is 17.3. The van der Waals surface area contributed by atoms with Gasteiger partial charge in [0.05, 0.1) is 0 Å². The van der Waals surface area contributed by atoms with Gasteiger partial charge in [-0.05, 0) is 49.2 Å². The Hall–Kier alpha value is -3.08. The fourth-order valence-corrected chi connectivity index (χ4v) is 3.63. The zero-order valence-electron chi connectivity index (χ0n) is 16.6. The second-order valence-electron chi connectivity index (χ2n) is 7.71. The SMILES string of the molecule is CC1(C)CN(C(=O)c2cccc(Cl)c2)CCC/C1=C\C#Cc1ccc(C#N)nc1. The van der Waals surface area contributed by atoms with Crippen LogP contribution in [0.5, 0.6) is 0 Å². The number of carbonyl (C=O) groups excluding carboxylic acids is 1. The van der Waals surface area contributed by atoms with Crippen molar-refractivity contribution in [3.05, 3.63) is 76.1 Å². The van der Waals surface area contributed by atoms with Crippen LogP contribution >= 0.6 is 11.6 Å². The molecule has 146 valence electrons. The molecule has 2 heterocycles. The van der Waals surface area contributed by atoms with Gasteiger partial charge in [-0.1, -0.05) is 48.9 Å². The van der Waals surface area contributed by atoms with Crippen molar-refractivity contribution in [3.63, 3.8) is 0 Å². The van der Waals surface area contributed by atoms with Gasteiger partial charge in [-0.15, -0.1) is 0 Å². The number of likely N-dealkylation sites (tertiary alicyclic amines) is 1. The summed E-state index contributed by atoms with van der Waals surface area (Å²) >= 11 is 6.05. The standard InChI is InChI=1S/C24H22ClN3O/c1-24(2)17-28(23(29)19-7-4-10-21(25)14-19)13-5-9-20(24)8-3-6-18-11-12-22(15-26)27-16-18/h4,7-8,10-12,14,16H,5,9,13,17H2,1-2H3/b20-8+. The van der Waals surface area contributed by atoms with Crippen LogP contribution in [-0.2, 0) is 0 Å². The van der Waals surface area contributed by atoms with Crippen LogP contribution in [0.2, 0.25) is 5.02 Å². The second kappa shape index (κ2) is 8.95. The summed E-state index contributed by atoms with van der Waals surface area (Å²) in [6, 6.07) is 12.5. The quantitative estimate of drug-likeness (QED) is 0.639. The Morgan fingerprint density at radius 3 is 2.83 bits per heavy atom. The molecule has 1 aromatic heterocycles. The maximum atomic E-state index is 12.9. The van der Waals surface area contributed by atoms with E-state index in [0.29, 0.717) is 29.4 Å². The molecular formula is C24H22ClN3O. The summed E-state index contributed by atoms with van der Waals surface area (Å²) in [7, 11) is 0. The Labute approximate surface area is 176 Å². The van der Waals surface area contributed by atoms with E-state index in [0.717, 1.165) is 18.4 Å². The monoisotopic (exact) mass is 403 g/mol. The molecule has 0 spiro atoms. The van der Waals surface area contributed by atoms with E-state index in [1.54, 1.807) is 42.6 Å². The molecule has 29 heavy (non-hydrogen) atoms. The van der Waals surface area contributed by atoms with E-state index in [1.807, 2.05) is 17.0 Å². The van der Waals surface area contributed by atoms with E-state index in [-0.39, 0.29) is 11.3 Å². The van der Waals surface area contributed by atoms with Crippen molar-refractivity contribution in [1.29, 1.82) is 5.26 Å². The average molecular weight is 404 g/mol. The first-order valence-corrected chi connectivity index (χ1v) is 9.89. The molecule has 0 unspecified atom stereocenters. The summed E-state index contributed by atoms with van der Waals surface area (Å²) in [5.41, 5.74) is 2.82. The Balaban J connectivity index is 1.76. The summed E-state index contributed by atoms with van der Waals surface area (Å²) < 4.78 is 0. The zero-order chi connectivity index (χ0) is 20.9. The van der Waals surface area contributed by atoms with Crippen LogP contribution in [-0.4, -0.2) is 28.9 Å². The summed E-state index contributed by atoms with van der Waals surface area (Å²) in [5.74, 6) is 6.20. The normalized spacial score (nSPS) is 17.0. The Morgan fingerprint density at radius 2 is 2.14 bits per heavy atom. The fraction of sp³-hybridized carbons (Fsp3) is 0.292. The van der Waals surface area contributed by atoms with Crippen LogP contribution < -0.4 is 0 Å². The number of aromatic nitrogens is 1. The van der Waals surface area contributed by atoms with E-state index in [9.17, 15) is 4.79 Å². The van der Waals surface area contributed by atoms with Crippen LogP contribution in [0.3, 0.4) is 0 Å². The molecule has 1 aliphatic rings. The number of allylic oxidation sites excluding steroid dienone is 1. The molecule has 0 atom stereocenters. The van der Waals surface area contributed by atoms with Gasteiger partial charge in [0, 0.05) is 40.9 Å². The highest BCUT2D eigenvalue weighted by Gasteiger charge is 2.31. The molecule has 0 saturated carbocycles. The van der Waals surface area contributed by atoms with Crippen LogP contribution in [0.1, 0.15) is 48.3 Å². The molecule has 0 radical (unpaired) electrons. The lowest BCUT2D eigenvalue weighted by atomic mass is 9.82. The molecule has 1 aliphatic heterocycles. The van der Waals surface area contributed by atoms with Gasteiger partial charge in [-0.3, -0.25) is 4.79 Å². The predicted molar refractivity (Wildman–Crippen MR) is 114 cm³/mol. The highest BCUT2D eigenvalue weighted by molar-refractivity contribution is 6.30. The van der Waals surface area contributed by atoms with Gasteiger partial charge >= 0.3 is 0 Å². The van der Waals surface area contributed by atoms with Crippen molar-refractivity contribution in [2.24, 2.45) is 5.41 Å². The fourth-order valence-electron chi connectivity index (χ4n) is 3.44. The lowest BCUT2D eigenvalue weighted by molar-refractivity contribution is 0.0720. The van der Waals surface area contributed by atoms with Crippen LogP contribution in [0.4, 0.5) is 0 Å². The average Bonchev–Trinajstić information content (AvgIpc) is 2.86. The number of carbonyl (C=O) groups is 1. The maximum Gasteiger partial charge on any atom is 0.253 e. The summed E-state index contributed by atoms with van der Waals surface area (Å²) in [6.07, 6.45) is 5.35. The topological polar surface area (TPSA) is 57.0 Å². The molecule has 0 aliphatic carbocycles. The number of amides is 1. The molecule has 1 fully saturated rings. The largest absolute Gasteiger partial charge is 0.338 e. The Kier molecular flexibility index (Phi) is 6.37. The van der Waals surface area contributed by atoms with E-state index < -0.39 is 0 Å². The number of halogens is 1. The lowest BCUT2D eigenvalue weighted by Gasteiger charge is -2.31. The summed E-state index contributed by atoms with van der Waals surface area (Å²) in [6.45, 7) is 5.63. The van der Waals surface area contributed by atoms with E-state index in [1.165, 1.54) is 5.57 Å². The molecule has 3 rings (SSSR count). The maximum absolute atomic E-state index is 12.9. The van der Waals surface area contributed by atoms with Crippen LogP contribution in [0, 0.1) is 28.6 Å². The molecule has 0 N–H and O–H groups in total. The molecule has 1 amide bonds. The lowest BCUT2D eigenvalue weighted by Crippen LogP contribution is -2.38. The van der Waals surface area contributed by atoms with Crippen molar-refractivity contribution in [2.45, 2.75) is 26.7 Å². The number of pyridine rings is 1. The number of hydrogen-bond donors (Lipinski definition) is 0. The molecule has 4 nitrogen and oxygen atoms in total. The van der Waals surface area contributed by atoms with Crippen molar-refractivity contribution < 1.29 is 4.79 Å². The Morgan fingerprint density at radius 1 is 1.31 bits per heavy atom. The highest BCUT2D eigenvalue weighted by Crippen LogP contribution is 2.34. The highest BCUT2D eigenvalue weighted by atomic mass is 35.5. The third kappa shape index (κ3) is 5.25. The minimum Gasteiger partial charge on any atom is -0.338 e. The van der Waals surface area contributed by atoms with Crippen molar-refractivity contribution in [3.8, 4) is 17.9 Å². The molecule has 0 bridgehead atoms. The predicted octanol–water partition coefficient (Wildman–Crippen LogP) is 4.85. The van der Waals surface area contributed by atoms with Crippen molar-refractivity contribution in [1.82, 2.24) is 9.88 Å². The van der Waals surface area contributed by atoms with Gasteiger partial charge in [-0.2, -0.15) is 5.26 Å². The molecule has 1 saturated heterocycles. The third-order valence-electron chi connectivity index (χ3n) is 5.03. The number of hydrogen-bond acceptors (Lipinski definition) is 3. The first-order chi connectivity index (χ1) is 13.9. The van der Waals surface area contributed by atoms with Crippen molar-refractivity contribution >= 4 is 17.5 Å². The van der Waals surface area contributed by atoms with Gasteiger partial charge in [0.2, 0.25) is 0 Å². The first kappa shape index (κ1) is 20.6. The van der Waals surface area contributed by atoms with Crippen LogP contribution in [0.15, 0.2) is 54.2 Å². The first-order valence-electron chi connectivity index (χ1n) is 9.51. The van der Waals surface area contributed by atoms with Crippen molar-refractivity contribution in [2.75, 3.05) is 13.1 Å². The number of nitriles is 1. The van der Waals surface area contributed by atoms with Gasteiger partial charge < -0.3 is 4.90 Å². The smallest absolute Gasteiger partial charge is 0.253 e. The number of nitrogens with zero attached hydrogens (tertiary/aromatic N) is 3. The van der Waals surface area contributed by atoms with Crippen LogP contribution in [0.25, 0.3) is 0 Å². The van der Waals surface area contributed by atoms with Gasteiger partial charge in [0.15, 0.2) is 0 Å². The number of rotatable bonds is 1. The number of benzene rings is 1. The molecule has 2 aromatic rings. The minimum atomic E-state index is -0.178. The van der Waals surface area contributed by atoms with E-state index in [4.69, 9.17) is 16.9 Å². The van der Waals surface area contributed by atoms with Gasteiger partial charge in [0.25, 0.3) is 5.91 Å². The second-order valence-corrected chi connectivity index (χ2v) is 8.14. The third-order valence-corrected chi connectivity index (χ3v) is 5.26. The van der Waals surface area contributed by atoms with E-state index >= 15 is 0 Å². The summed E-state index contributed by atoms with van der Waals surface area (Å²) in [5, 5.41) is 9.38. The van der Waals surface area contributed by atoms with E-state index in [2.05, 4.69) is 30.7 Å². The molecule has 5 heteroatoms. The molecular weight excluding hydrogens is 382 g/mol. The van der Waals surface area contributed by atoms with Gasteiger partial charge in [-0.25, -0.2) is 4.98 Å². The molecule has 1 aromatic carbocycles. The Bertz CT molecular complexity index is 1040. The van der Waals surface area contributed by atoms with Gasteiger partial charge in [0.1, 0.15) is 11.8 Å². The minimum absolute atomic E-state index is 0.0107. The summed E-state index contributed by atoms with van der Waals surface area (Å²) in [4.78, 5) is 18.9.